The fourth-order valence-electron chi connectivity index (χ4n) is 3.16. The van der Waals surface area contributed by atoms with Gasteiger partial charge >= 0.3 is 0 Å². The SMILES string of the molecule is CC(C)(C)c1ccc(CNCC2(C3CC3)CC2)cc1. The first-order valence-corrected chi connectivity index (χ1v) is 7.80. The second-order valence-electron chi connectivity index (χ2n) is 7.69. The van der Waals surface area contributed by atoms with Crippen molar-refractivity contribution >= 4 is 0 Å². The van der Waals surface area contributed by atoms with Crippen LogP contribution >= 0.6 is 0 Å². The molecular weight excluding hydrogens is 230 g/mol. The van der Waals surface area contributed by atoms with Crippen LogP contribution in [0.1, 0.15) is 57.6 Å². The zero-order valence-corrected chi connectivity index (χ0v) is 12.6. The van der Waals surface area contributed by atoms with Gasteiger partial charge in [0.15, 0.2) is 0 Å². The summed E-state index contributed by atoms with van der Waals surface area (Å²) in [4.78, 5) is 0. The van der Waals surface area contributed by atoms with Crippen LogP contribution in [0.15, 0.2) is 24.3 Å². The largest absolute Gasteiger partial charge is 0.312 e. The molecule has 104 valence electrons. The maximum Gasteiger partial charge on any atom is 0.0205 e. The maximum atomic E-state index is 3.68. The van der Waals surface area contributed by atoms with E-state index < -0.39 is 0 Å². The molecule has 1 aromatic rings. The Labute approximate surface area is 117 Å². The van der Waals surface area contributed by atoms with E-state index in [0.717, 1.165) is 12.5 Å². The topological polar surface area (TPSA) is 12.0 Å². The van der Waals surface area contributed by atoms with E-state index in [1.165, 1.54) is 43.4 Å². The highest BCUT2D eigenvalue weighted by molar-refractivity contribution is 5.27. The molecule has 0 radical (unpaired) electrons. The molecule has 19 heavy (non-hydrogen) atoms. The van der Waals surface area contributed by atoms with Gasteiger partial charge in [-0.1, -0.05) is 45.0 Å². The first kappa shape index (κ1) is 13.2. The fourth-order valence-corrected chi connectivity index (χ4v) is 3.16. The highest BCUT2D eigenvalue weighted by Gasteiger charge is 2.53. The zero-order valence-electron chi connectivity index (χ0n) is 12.6. The Bertz CT molecular complexity index is 430. The summed E-state index contributed by atoms with van der Waals surface area (Å²) in [5, 5.41) is 3.68. The van der Waals surface area contributed by atoms with Crippen LogP contribution in [0, 0.1) is 11.3 Å². The maximum absolute atomic E-state index is 3.68. The van der Waals surface area contributed by atoms with Crippen molar-refractivity contribution in [1.29, 1.82) is 0 Å². The number of hydrogen-bond donors (Lipinski definition) is 1. The van der Waals surface area contributed by atoms with E-state index in [0.29, 0.717) is 5.41 Å². The van der Waals surface area contributed by atoms with Gasteiger partial charge in [0.25, 0.3) is 0 Å². The lowest BCUT2D eigenvalue weighted by molar-refractivity contribution is 0.403. The molecule has 1 N–H and O–H groups in total. The Morgan fingerprint density at radius 1 is 1.11 bits per heavy atom. The van der Waals surface area contributed by atoms with E-state index in [9.17, 15) is 0 Å². The van der Waals surface area contributed by atoms with Crippen molar-refractivity contribution < 1.29 is 0 Å². The van der Waals surface area contributed by atoms with Crippen LogP contribution in [0.4, 0.5) is 0 Å². The molecule has 0 saturated heterocycles. The lowest BCUT2D eigenvalue weighted by Crippen LogP contribution is -2.25. The number of nitrogens with one attached hydrogen (secondary N) is 1. The molecule has 2 aliphatic rings. The second-order valence-corrected chi connectivity index (χ2v) is 7.69. The Kier molecular flexibility index (Phi) is 3.21. The molecule has 0 atom stereocenters. The first-order chi connectivity index (χ1) is 9.00. The van der Waals surface area contributed by atoms with Gasteiger partial charge < -0.3 is 5.32 Å². The third kappa shape index (κ3) is 3.02. The van der Waals surface area contributed by atoms with Crippen LogP contribution in [0.2, 0.25) is 0 Å². The van der Waals surface area contributed by atoms with Crippen molar-refractivity contribution in [2.45, 2.75) is 58.4 Å². The van der Waals surface area contributed by atoms with Crippen LogP contribution in [0.5, 0.6) is 0 Å². The van der Waals surface area contributed by atoms with Crippen molar-refractivity contribution in [2.75, 3.05) is 6.54 Å². The van der Waals surface area contributed by atoms with Gasteiger partial charge in [-0.3, -0.25) is 0 Å². The van der Waals surface area contributed by atoms with E-state index in [4.69, 9.17) is 0 Å². The van der Waals surface area contributed by atoms with E-state index in [2.05, 4.69) is 50.4 Å². The van der Waals surface area contributed by atoms with E-state index in [1.54, 1.807) is 0 Å². The molecule has 0 spiro atoms. The molecule has 2 saturated carbocycles. The van der Waals surface area contributed by atoms with Crippen molar-refractivity contribution in [1.82, 2.24) is 5.32 Å². The molecule has 0 heterocycles. The van der Waals surface area contributed by atoms with Crippen molar-refractivity contribution in [3.8, 4) is 0 Å². The fraction of sp³-hybridized carbons (Fsp3) is 0.667. The third-order valence-corrected chi connectivity index (χ3v) is 4.96. The minimum atomic E-state index is 0.260. The summed E-state index contributed by atoms with van der Waals surface area (Å²) in [5.41, 5.74) is 3.81. The van der Waals surface area contributed by atoms with Gasteiger partial charge in [0.05, 0.1) is 0 Å². The summed E-state index contributed by atoms with van der Waals surface area (Å²) in [6.07, 6.45) is 5.91. The Balaban J connectivity index is 1.50. The van der Waals surface area contributed by atoms with Gasteiger partial charge in [0, 0.05) is 13.1 Å². The molecule has 0 amide bonds. The molecule has 0 aromatic heterocycles. The number of rotatable bonds is 5. The summed E-state index contributed by atoms with van der Waals surface area (Å²) in [7, 11) is 0. The highest BCUT2D eigenvalue weighted by atomic mass is 14.9. The predicted molar refractivity (Wildman–Crippen MR) is 81.2 cm³/mol. The molecule has 1 heteroatoms. The number of benzene rings is 1. The van der Waals surface area contributed by atoms with Gasteiger partial charge in [0.2, 0.25) is 0 Å². The molecule has 0 unspecified atom stereocenters. The van der Waals surface area contributed by atoms with E-state index in [1.807, 2.05) is 0 Å². The molecule has 1 aromatic carbocycles. The van der Waals surface area contributed by atoms with Crippen LogP contribution < -0.4 is 5.32 Å². The summed E-state index contributed by atoms with van der Waals surface area (Å²) in [6, 6.07) is 9.13. The van der Waals surface area contributed by atoms with Gasteiger partial charge in [0.1, 0.15) is 0 Å². The molecule has 1 nitrogen and oxygen atoms in total. The van der Waals surface area contributed by atoms with Gasteiger partial charge in [-0.2, -0.15) is 0 Å². The standard InChI is InChI=1S/C18H27N/c1-17(2,3)15-6-4-14(5-7-15)12-19-13-18(10-11-18)16-8-9-16/h4-7,16,19H,8-13H2,1-3H3. The molecule has 2 aliphatic carbocycles. The molecule has 0 aliphatic heterocycles. The smallest absolute Gasteiger partial charge is 0.0205 e. The van der Waals surface area contributed by atoms with Gasteiger partial charge in [-0.15, -0.1) is 0 Å². The van der Waals surface area contributed by atoms with Crippen LogP contribution in [0.3, 0.4) is 0 Å². The summed E-state index contributed by atoms with van der Waals surface area (Å²) in [6.45, 7) is 9.07. The summed E-state index contributed by atoms with van der Waals surface area (Å²) >= 11 is 0. The molecule has 0 bridgehead atoms. The number of hydrogen-bond acceptors (Lipinski definition) is 1. The second kappa shape index (κ2) is 4.63. The van der Waals surface area contributed by atoms with Crippen molar-refractivity contribution in [3.05, 3.63) is 35.4 Å². The summed E-state index contributed by atoms with van der Waals surface area (Å²) < 4.78 is 0. The van der Waals surface area contributed by atoms with E-state index >= 15 is 0 Å². The third-order valence-electron chi connectivity index (χ3n) is 4.96. The van der Waals surface area contributed by atoms with Crippen molar-refractivity contribution in [2.24, 2.45) is 11.3 Å². The highest BCUT2D eigenvalue weighted by Crippen LogP contribution is 2.60. The van der Waals surface area contributed by atoms with Crippen LogP contribution in [-0.4, -0.2) is 6.54 Å². The monoisotopic (exact) mass is 257 g/mol. The minimum absolute atomic E-state index is 0.260. The van der Waals surface area contributed by atoms with Crippen LogP contribution in [0.25, 0.3) is 0 Å². The average molecular weight is 257 g/mol. The molecule has 3 rings (SSSR count). The zero-order chi connectivity index (χ0) is 13.5. The molecule has 2 fully saturated rings. The Morgan fingerprint density at radius 3 is 2.21 bits per heavy atom. The summed E-state index contributed by atoms with van der Waals surface area (Å²) in [5.74, 6) is 1.06. The molecular formula is C18H27N. The quantitative estimate of drug-likeness (QED) is 0.831. The van der Waals surface area contributed by atoms with Crippen LogP contribution in [-0.2, 0) is 12.0 Å². The predicted octanol–water partition coefficient (Wildman–Crippen LogP) is 4.26. The van der Waals surface area contributed by atoms with E-state index in [-0.39, 0.29) is 5.41 Å². The van der Waals surface area contributed by atoms with Gasteiger partial charge in [-0.05, 0) is 53.6 Å². The first-order valence-electron chi connectivity index (χ1n) is 7.80. The minimum Gasteiger partial charge on any atom is -0.312 e. The average Bonchev–Trinajstić information content (AvgIpc) is 3.22. The Morgan fingerprint density at radius 2 is 1.74 bits per heavy atom. The lowest BCUT2D eigenvalue weighted by Gasteiger charge is -2.19. The Hall–Kier alpha value is -0.820. The van der Waals surface area contributed by atoms with Crippen molar-refractivity contribution in [3.63, 3.8) is 0 Å². The van der Waals surface area contributed by atoms with Gasteiger partial charge in [-0.25, -0.2) is 0 Å². The normalized spacial score (nSPS) is 21.4. The lowest BCUT2D eigenvalue weighted by atomic mass is 9.87.